The number of benzene rings is 2. The molecule has 1 saturated heterocycles. The molecule has 0 atom stereocenters. The second-order valence-corrected chi connectivity index (χ2v) is 7.10. The Morgan fingerprint density at radius 2 is 1.85 bits per heavy atom. The first-order valence-corrected chi connectivity index (χ1v) is 8.93. The molecule has 5 nitrogen and oxygen atoms in total. The van der Waals surface area contributed by atoms with Crippen molar-refractivity contribution < 1.29 is 9.53 Å². The van der Waals surface area contributed by atoms with Gasteiger partial charge in [-0.1, -0.05) is 24.3 Å². The molecule has 0 aliphatic carbocycles. The summed E-state index contributed by atoms with van der Waals surface area (Å²) in [5, 5.41) is 11.9. The summed E-state index contributed by atoms with van der Waals surface area (Å²) >= 11 is 0. The molecule has 0 bridgehead atoms. The van der Waals surface area contributed by atoms with Crippen LogP contribution in [0.2, 0.25) is 0 Å². The number of carbonyl (C=O) groups excluding carboxylic acids is 1. The van der Waals surface area contributed by atoms with Gasteiger partial charge in [-0.15, -0.1) is 0 Å². The van der Waals surface area contributed by atoms with E-state index in [0.29, 0.717) is 12.2 Å². The van der Waals surface area contributed by atoms with Crippen LogP contribution in [0.25, 0.3) is 0 Å². The third kappa shape index (κ3) is 3.16. The fourth-order valence-corrected chi connectivity index (χ4v) is 3.69. The maximum absolute atomic E-state index is 12.8. The van der Waals surface area contributed by atoms with Crippen molar-refractivity contribution in [2.75, 3.05) is 25.0 Å². The van der Waals surface area contributed by atoms with Crippen LogP contribution >= 0.6 is 0 Å². The number of hydrogen-bond acceptors (Lipinski definition) is 4. The maximum Gasteiger partial charge on any atom is 0.234 e. The highest BCUT2D eigenvalue weighted by Gasteiger charge is 2.43. The standard InChI is InChI=1S/C21H21N3O2/c22-13-16-5-7-17(8-6-16)14-24-11-9-21(10-12-24)15-26-19-4-2-1-3-18(19)23-20(21)25/h1-8H,9-12,14-15H2,(H,23,25). The van der Waals surface area contributed by atoms with Crippen LogP contribution < -0.4 is 10.1 Å². The smallest absolute Gasteiger partial charge is 0.234 e. The quantitative estimate of drug-likeness (QED) is 0.906. The first-order valence-electron chi connectivity index (χ1n) is 8.93. The molecule has 5 heteroatoms. The van der Waals surface area contributed by atoms with Crippen molar-refractivity contribution in [3.8, 4) is 11.8 Å². The van der Waals surface area contributed by atoms with Crippen molar-refractivity contribution in [3.05, 3.63) is 59.7 Å². The maximum atomic E-state index is 12.8. The molecule has 2 aliphatic rings. The number of hydrogen-bond donors (Lipinski definition) is 1. The largest absolute Gasteiger partial charge is 0.490 e. The molecule has 132 valence electrons. The summed E-state index contributed by atoms with van der Waals surface area (Å²) in [6.07, 6.45) is 1.56. The number of rotatable bonds is 2. The zero-order chi connectivity index (χ0) is 18.0. The topological polar surface area (TPSA) is 65.4 Å². The Bertz CT molecular complexity index is 846. The number of likely N-dealkylation sites (tertiary alicyclic amines) is 1. The second-order valence-electron chi connectivity index (χ2n) is 7.10. The summed E-state index contributed by atoms with van der Waals surface area (Å²) in [6, 6.07) is 17.5. The van der Waals surface area contributed by atoms with Crippen LogP contribution in [0.5, 0.6) is 5.75 Å². The van der Waals surface area contributed by atoms with Gasteiger partial charge in [0.2, 0.25) is 5.91 Å². The molecule has 0 aromatic heterocycles. The van der Waals surface area contributed by atoms with E-state index in [1.807, 2.05) is 48.5 Å². The number of nitrogens with zero attached hydrogens (tertiary/aromatic N) is 2. The minimum Gasteiger partial charge on any atom is -0.490 e. The van der Waals surface area contributed by atoms with E-state index < -0.39 is 5.41 Å². The molecule has 2 heterocycles. The van der Waals surface area contributed by atoms with E-state index in [2.05, 4.69) is 16.3 Å². The van der Waals surface area contributed by atoms with Gasteiger partial charge in [0.1, 0.15) is 12.4 Å². The van der Waals surface area contributed by atoms with Crippen LogP contribution in [-0.4, -0.2) is 30.5 Å². The minimum atomic E-state index is -0.458. The highest BCUT2D eigenvalue weighted by molar-refractivity contribution is 5.97. The fraction of sp³-hybridized carbons (Fsp3) is 0.333. The third-order valence-corrected chi connectivity index (χ3v) is 5.42. The number of ether oxygens (including phenoxy) is 1. The molecule has 0 radical (unpaired) electrons. The molecule has 4 rings (SSSR count). The minimum absolute atomic E-state index is 0.0699. The molecule has 1 fully saturated rings. The van der Waals surface area contributed by atoms with Crippen LogP contribution in [0.3, 0.4) is 0 Å². The predicted molar refractivity (Wildman–Crippen MR) is 98.7 cm³/mol. The van der Waals surface area contributed by atoms with Crippen molar-refractivity contribution in [1.82, 2.24) is 4.90 Å². The molecule has 2 aliphatic heterocycles. The molecular formula is C21H21N3O2. The van der Waals surface area contributed by atoms with Crippen LogP contribution in [-0.2, 0) is 11.3 Å². The van der Waals surface area contributed by atoms with Gasteiger partial charge in [-0.2, -0.15) is 5.26 Å². The highest BCUT2D eigenvalue weighted by atomic mass is 16.5. The van der Waals surface area contributed by atoms with E-state index in [0.717, 1.165) is 43.9 Å². The molecule has 0 saturated carbocycles. The molecular weight excluding hydrogens is 326 g/mol. The predicted octanol–water partition coefficient (Wildman–Crippen LogP) is 3.17. The lowest BCUT2D eigenvalue weighted by atomic mass is 9.78. The molecule has 1 amide bonds. The van der Waals surface area contributed by atoms with Crippen molar-refractivity contribution in [2.24, 2.45) is 5.41 Å². The van der Waals surface area contributed by atoms with E-state index in [4.69, 9.17) is 10.00 Å². The van der Waals surface area contributed by atoms with Crippen LogP contribution in [0.15, 0.2) is 48.5 Å². The number of piperidine rings is 1. The normalized spacial score (nSPS) is 19.0. The first kappa shape index (κ1) is 16.6. The van der Waals surface area contributed by atoms with Gasteiger partial charge < -0.3 is 10.1 Å². The Hall–Kier alpha value is -2.84. The number of nitrogens with one attached hydrogen (secondary N) is 1. The molecule has 1 N–H and O–H groups in total. The Kier molecular flexibility index (Phi) is 4.36. The summed E-state index contributed by atoms with van der Waals surface area (Å²) in [4.78, 5) is 15.2. The Labute approximate surface area is 153 Å². The van der Waals surface area contributed by atoms with Crippen molar-refractivity contribution in [3.63, 3.8) is 0 Å². The Balaban J connectivity index is 1.41. The Morgan fingerprint density at radius 1 is 1.12 bits per heavy atom. The van der Waals surface area contributed by atoms with Gasteiger partial charge >= 0.3 is 0 Å². The zero-order valence-electron chi connectivity index (χ0n) is 14.6. The van der Waals surface area contributed by atoms with Crippen molar-refractivity contribution in [1.29, 1.82) is 5.26 Å². The van der Waals surface area contributed by atoms with Gasteiger partial charge in [-0.05, 0) is 55.8 Å². The van der Waals surface area contributed by atoms with Crippen LogP contribution in [0, 0.1) is 16.7 Å². The van der Waals surface area contributed by atoms with E-state index >= 15 is 0 Å². The lowest BCUT2D eigenvalue weighted by molar-refractivity contribution is -0.130. The van der Waals surface area contributed by atoms with E-state index in [9.17, 15) is 4.79 Å². The summed E-state index contributed by atoms with van der Waals surface area (Å²) in [5.41, 5.74) is 2.17. The number of nitriles is 1. The average molecular weight is 347 g/mol. The average Bonchev–Trinajstić information content (AvgIpc) is 2.82. The molecule has 2 aromatic rings. The lowest BCUT2D eigenvalue weighted by Crippen LogP contribution is -2.48. The highest BCUT2D eigenvalue weighted by Crippen LogP contribution is 2.38. The lowest BCUT2D eigenvalue weighted by Gasteiger charge is -2.39. The zero-order valence-corrected chi connectivity index (χ0v) is 14.6. The van der Waals surface area contributed by atoms with E-state index in [1.165, 1.54) is 5.56 Å². The summed E-state index contributed by atoms with van der Waals surface area (Å²) in [6.45, 7) is 2.98. The summed E-state index contributed by atoms with van der Waals surface area (Å²) in [7, 11) is 0. The number of amides is 1. The summed E-state index contributed by atoms with van der Waals surface area (Å²) < 4.78 is 5.96. The molecule has 2 aromatic carbocycles. The number of para-hydroxylation sites is 2. The number of carbonyl (C=O) groups is 1. The third-order valence-electron chi connectivity index (χ3n) is 5.42. The van der Waals surface area contributed by atoms with Crippen molar-refractivity contribution >= 4 is 11.6 Å². The first-order chi connectivity index (χ1) is 12.7. The molecule has 0 unspecified atom stereocenters. The van der Waals surface area contributed by atoms with Gasteiger partial charge in [0, 0.05) is 6.54 Å². The van der Waals surface area contributed by atoms with Gasteiger partial charge in [0.05, 0.1) is 22.7 Å². The molecule has 26 heavy (non-hydrogen) atoms. The van der Waals surface area contributed by atoms with Crippen LogP contribution in [0.4, 0.5) is 5.69 Å². The van der Waals surface area contributed by atoms with Gasteiger partial charge in [-0.3, -0.25) is 9.69 Å². The van der Waals surface area contributed by atoms with E-state index in [-0.39, 0.29) is 5.91 Å². The Morgan fingerprint density at radius 3 is 2.58 bits per heavy atom. The van der Waals surface area contributed by atoms with Gasteiger partial charge in [0.15, 0.2) is 0 Å². The van der Waals surface area contributed by atoms with Crippen LogP contribution in [0.1, 0.15) is 24.0 Å². The fourth-order valence-electron chi connectivity index (χ4n) is 3.69. The van der Waals surface area contributed by atoms with Crippen molar-refractivity contribution in [2.45, 2.75) is 19.4 Å². The SMILES string of the molecule is N#Cc1ccc(CN2CCC3(CC2)COc2ccccc2NC3=O)cc1. The second kappa shape index (κ2) is 6.81. The molecule has 1 spiro atoms. The number of fused-ring (bicyclic) bond motifs is 1. The monoisotopic (exact) mass is 347 g/mol. The number of anilines is 1. The van der Waals surface area contributed by atoms with Gasteiger partial charge in [-0.25, -0.2) is 0 Å². The van der Waals surface area contributed by atoms with E-state index in [1.54, 1.807) is 0 Å². The van der Waals surface area contributed by atoms with Gasteiger partial charge in [0.25, 0.3) is 0 Å². The summed E-state index contributed by atoms with van der Waals surface area (Å²) in [5.74, 6) is 0.818.